The van der Waals surface area contributed by atoms with Gasteiger partial charge in [0.15, 0.2) is 0 Å². The minimum atomic E-state index is 0.311. The van der Waals surface area contributed by atoms with Gasteiger partial charge in [-0.15, -0.1) is 0 Å². The van der Waals surface area contributed by atoms with Crippen LogP contribution in [0.3, 0.4) is 0 Å². The number of hydrogen-bond donors (Lipinski definition) is 2. The summed E-state index contributed by atoms with van der Waals surface area (Å²) in [7, 11) is 1.62. The first-order chi connectivity index (χ1) is 9.51. The number of ether oxygens (including phenoxy) is 1. The summed E-state index contributed by atoms with van der Waals surface area (Å²) < 4.78 is 7.10. The number of methoxy groups -OCH3 is 1. The summed E-state index contributed by atoms with van der Waals surface area (Å²) in [5.41, 5.74) is 8.20. The number of hydrogen-bond acceptors (Lipinski definition) is 4. The molecular weight excluding hydrogens is 272 g/mol. The summed E-state index contributed by atoms with van der Waals surface area (Å²) >= 11 is 5.07. The molecule has 0 amide bonds. The van der Waals surface area contributed by atoms with Crippen LogP contribution in [0.2, 0.25) is 0 Å². The maximum absolute atomic E-state index is 5.74. The second-order valence-corrected chi connectivity index (χ2v) is 5.14. The van der Waals surface area contributed by atoms with Crippen molar-refractivity contribution < 1.29 is 4.74 Å². The predicted molar refractivity (Wildman–Crippen MR) is 84.8 cm³/mol. The van der Waals surface area contributed by atoms with Crippen LogP contribution in [0, 0.1) is 0 Å². The highest BCUT2D eigenvalue weighted by Crippen LogP contribution is 2.26. The quantitative estimate of drug-likeness (QED) is 0.829. The molecule has 0 aliphatic heterocycles. The Labute approximate surface area is 123 Å². The predicted octanol–water partition coefficient (Wildman–Crippen LogP) is 2.85. The maximum Gasteiger partial charge on any atom is 0.120 e. The third kappa shape index (κ3) is 3.08. The second-order valence-electron chi connectivity index (χ2n) is 4.70. The van der Waals surface area contributed by atoms with Crippen molar-refractivity contribution in [2.75, 3.05) is 12.4 Å². The molecule has 3 N–H and O–H groups in total. The van der Waals surface area contributed by atoms with Crippen LogP contribution in [0.1, 0.15) is 25.5 Å². The molecule has 0 bridgehead atoms. The summed E-state index contributed by atoms with van der Waals surface area (Å²) in [5.74, 6) is 0.740. The minimum Gasteiger partial charge on any atom is -0.497 e. The molecule has 1 heterocycles. The van der Waals surface area contributed by atoms with Crippen molar-refractivity contribution in [1.82, 2.24) is 9.78 Å². The Hall–Kier alpha value is -2.08. The molecule has 0 radical (unpaired) electrons. The molecule has 1 aromatic heterocycles. The Balaban J connectivity index is 2.32. The van der Waals surface area contributed by atoms with Crippen molar-refractivity contribution in [3.63, 3.8) is 0 Å². The highest BCUT2D eigenvalue weighted by molar-refractivity contribution is 7.80. The fourth-order valence-corrected chi connectivity index (χ4v) is 1.99. The first-order valence-corrected chi connectivity index (χ1v) is 6.71. The van der Waals surface area contributed by atoms with Gasteiger partial charge in [-0.3, -0.25) is 4.68 Å². The van der Waals surface area contributed by atoms with Gasteiger partial charge in [0.1, 0.15) is 10.7 Å². The lowest BCUT2D eigenvalue weighted by Gasteiger charge is -2.11. The van der Waals surface area contributed by atoms with Crippen molar-refractivity contribution in [2.45, 2.75) is 19.9 Å². The smallest absolute Gasteiger partial charge is 0.120 e. The lowest BCUT2D eigenvalue weighted by Crippen LogP contribution is -2.12. The van der Waals surface area contributed by atoms with E-state index < -0.39 is 0 Å². The van der Waals surface area contributed by atoms with Crippen LogP contribution in [0.4, 0.5) is 11.4 Å². The van der Waals surface area contributed by atoms with Gasteiger partial charge in [-0.05, 0) is 26.0 Å². The number of benzene rings is 1. The Morgan fingerprint density at radius 1 is 1.45 bits per heavy atom. The van der Waals surface area contributed by atoms with E-state index in [0.717, 1.165) is 22.7 Å². The van der Waals surface area contributed by atoms with Gasteiger partial charge >= 0.3 is 0 Å². The molecule has 2 aromatic rings. The number of nitrogens with two attached hydrogens (primary N) is 1. The van der Waals surface area contributed by atoms with Crippen LogP contribution in [0.25, 0.3) is 0 Å². The molecule has 0 unspecified atom stereocenters. The van der Waals surface area contributed by atoms with E-state index in [1.807, 2.05) is 29.1 Å². The topological polar surface area (TPSA) is 65.1 Å². The third-order valence-corrected chi connectivity index (χ3v) is 3.12. The first-order valence-electron chi connectivity index (χ1n) is 6.30. The molecule has 2 rings (SSSR count). The summed E-state index contributed by atoms with van der Waals surface area (Å²) in [4.78, 5) is 0.339. The van der Waals surface area contributed by atoms with Crippen molar-refractivity contribution >= 4 is 28.6 Å². The Bertz CT molecular complexity index is 621. The molecule has 20 heavy (non-hydrogen) atoms. The van der Waals surface area contributed by atoms with Crippen molar-refractivity contribution in [2.24, 2.45) is 5.73 Å². The highest BCUT2D eigenvalue weighted by atomic mass is 32.1. The molecule has 6 heteroatoms. The second kappa shape index (κ2) is 5.92. The number of aromatic nitrogens is 2. The molecule has 0 saturated carbocycles. The van der Waals surface area contributed by atoms with Gasteiger partial charge in [-0.1, -0.05) is 12.2 Å². The van der Waals surface area contributed by atoms with Crippen molar-refractivity contribution in [3.8, 4) is 5.75 Å². The average Bonchev–Trinajstić information content (AvgIpc) is 2.87. The molecular formula is C14H18N4OS. The average molecular weight is 290 g/mol. The molecule has 0 aliphatic carbocycles. The Morgan fingerprint density at radius 2 is 2.20 bits per heavy atom. The molecule has 0 atom stereocenters. The van der Waals surface area contributed by atoms with Gasteiger partial charge in [-0.25, -0.2) is 0 Å². The van der Waals surface area contributed by atoms with Gasteiger partial charge in [-0.2, -0.15) is 5.10 Å². The van der Waals surface area contributed by atoms with Crippen molar-refractivity contribution in [3.05, 3.63) is 36.2 Å². The van der Waals surface area contributed by atoms with Crippen molar-refractivity contribution in [1.29, 1.82) is 0 Å². The van der Waals surface area contributed by atoms with Gasteiger partial charge in [0.05, 0.1) is 24.7 Å². The molecule has 0 saturated heterocycles. The molecule has 1 aromatic carbocycles. The zero-order chi connectivity index (χ0) is 14.7. The Morgan fingerprint density at radius 3 is 2.75 bits per heavy atom. The standard InChI is InChI=1S/C14H18N4OS/c1-9(2)18-8-10(7-16-18)17-13-6-11(19-3)4-5-12(13)14(15)20/h4-9,17H,1-3H3,(H2,15,20). The largest absolute Gasteiger partial charge is 0.497 e. The van der Waals surface area contributed by atoms with Gasteiger partial charge in [0.25, 0.3) is 0 Å². The van der Waals surface area contributed by atoms with Gasteiger partial charge in [0.2, 0.25) is 0 Å². The van der Waals surface area contributed by atoms with E-state index in [9.17, 15) is 0 Å². The van der Waals surface area contributed by atoms with Crippen LogP contribution < -0.4 is 15.8 Å². The van der Waals surface area contributed by atoms with E-state index in [4.69, 9.17) is 22.7 Å². The Kier molecular flexibility index (Phi) is 4.24. The van der Waals surface area contributed by atoms with E-state index in [0.29, 0.717) is 11.0 Å². The zero-order valence-electron chi connectivity index (χ0n) is 11.8. The van der Waals surface area contributed by atoms with E-state index >= 15 is 0 Å². The number of rotatable bonds is 5. The van der Waals surface area contributed by atoms with E-state index in [1.54, 1.807) is 13.3 Å². The van der Waals surface area contributed by atoms with Crippen LogP contribution in [-0.4, -0.2) is 21.9 Å². The fourth-order valence-electron chi connectivity index (χ4n) is 1.81. The molecule has 106 valence electrons. The van der Waals surface area contributed by atoms with E-state index in [2.05, 4.69) is 24.3 Å². The van der Waals surface area contributed by atoms with Crippen LogP contribution in [-0.2, 0) is 0 Å². The first kappa shape index (κ1) is 14.3. The van der Waals surface area contributed by atoms with E-state index in [-0.39, 0.29) is 0 Å². The number of thiocarbonyl (C=S) groups is 1. The summed E-state index contributed by atoms with van der Waals surface area (Å²) in [6, 6.07) is 5.85. The number of anilines is 2. The number of nitrogens with one attached hydrogen (secondary N) is 1. The lowest BCUT2D eigenvalue weighted by molar-refractivity contribution is 0.415. The SMILES string of the molecule is COc1ccc(C(N)=S)c(Nc2cnn(C(C)C)c2)c1. The van der Waals surface area contributed by atoms with E-state index in [1.165, 1.54) is 0 Å². The normalized spacial score (nSPS) is 10.6. The van der Waals surface area contributed by atoms with Crippen LogP contribution >= 0.6 is 12.2 Å². The summed E-state index contributed by atoms with van der Waals surface area (Å²) in [5, 5.41) is 7.56. The van der Waals surface area contributed by atoms with Crippen LogP contribution in [0.5, 0.6) is 5.75 Å². The van der Waals surface area contributed by atoms with Gasteiger partial charge in [0, 0.05) is 23.9 Å². The molecule has 0 fully saturated rings. The summed E-state index contributed by atoms with van der Waals surface area (Å²) in [6.07, 6.45) is 3.70. The maximum atomic E-state index is 5.74. The molecule has 0 spiro atoms. The lowest BCUT2D eigenvalue weighted by atomic mass is 10.1. The monoisotopic (exact) mass is 290 g/mol. The highest BCUT2D eigenvalue weighted by Gasteiger charge is 2.09. The summed E-state index contributed by atoms with van der Waals surface area (Å²) in [6.45, 7) is 4.14. The molecule has 0 aliphatic rings. The number of nitrogens with zero attached hydrogens (tertiary/aromatic N) is 2. The fraction of sp³-hybridized carbons (Fsp3) is 0.286. The zero-order valence-corrected chi connectivity index (χ0v) is 12.6. The van der Waals surface area contributed by atoms with Gasteiger partial charge < -0.3 is 15.8 Å². The minimum absolute atomic E-state index is 0.311. The third-order valence-electron chi connectivity index (χ3n) is 2.90. The molecule has 5 nitrogen and oxygen atoms in total. The van der Waals surface area contributed by atoms with Crippen LogP contribution in [0.15, 0.2) is 30.6 Å².